The van der Waals surface area contributed by atoms with Crippen LogP contribution in [0.15, 0.2) is 30.3 Å². The summed E-state index contributed by atoms with van der Waals surface area (Å²) in [6.07, 6.45) is 5.65. The van der Waals surface area contributed by atoms with Crippen LogP contribution in [0.5, 0.6) is 0 Å². The molecule has 0 aromatic heterocycles. The van der Waals surface area contributed by atoms with Crippen molar-refractivity contribution < 1.29 is 0 Å². The van der Waals surface area contributed by atoms with Crippen molar-refractivity contribution in [1.82, 2.24) is 5.32 Å². The molecule has 1 aromatic rings. The third-order valence-electron chi connectivity index (χ3n) is 5.04. The van der Waals surface area contributed by atoms with E-state index in [1.54, 1.807) is 0 Å². The molecular formula is C17H25N. The molecule has 1 unspecified atom stereocenters. The normalized spacial score (nSPS) is 23.1. The standard InChI is InChI=1S/C17H25N/c1-13(2)17(10-11-17)12-18-16(15-8-9-15)14-6-4-3-5-7-14/h3-7,13,15-16,18H,8-12H2,1-2H3. The Kier molecular flexibility index (Phi) is 3.19. The smallest absolute Gasteiger partial charge is 0.0348 e. The second-order valence-corrected chi connectivity index (χ2v) is 6.62. The van der Waals surface area contributed by atoms with Gasteiger partial charge in [0.25, 0.3) is 0 Å². The zero-order valence-electron chi connectivity index (χ0n) is 11.7. The van der Waals surface area contributed by atoms with Crippen molar-refractivity contribution in [2.75, 3.05) is 6.54 Å². The Morgan fingerprint density at radius 2 is 1.83 bits per heavy atom. The van der Waals surface area contributed by atoms with Crippen molar-refractivity contribution in [3.8, 4) is 0 Å². The Hall–Kier alpha value is -0.820. The molecular weight excluding hydrogens is 218 g/mol. The van der Waals surface area contributed by atoms with Crippen LogP contribution < -0.4 is 5.32 Å². The highest BCUT2D eigenvalue weighted by Gasteiger charge is 2.46. The van der Waals surface area contributed by atoms with E-state index >= 15 is 0 Å². The van der Waals surface area contributed by atoms with E-state index in [-0.39, 0.29) is 0 Å². The number of rotatable bonds is 6. The van der Waals surface area contributed by atoms with Crippen LogP contribution in [0.4, 0.5) is 0 Å². The predicted molar refractivity (Wildman–Crippen MR) is 76.4 cm³/mol. The minimum Gasteiger partial charge on any atom is -0.309 e. The van der Waals surface area contributed by atoms with Gasteiger partial charge in [-0.2, -0.15) is 0 Å². The van der Waals surface area contributed by atoms with Gasteiger partial charge in [-0.15, -0.1) is 0 Å². The van der Waals surface area contributed by atoms with Crippen molar-refractivity contribution in [3.63, 3.8) is 0 Å². The largest absolute Gasteiger partial charge is 0.309 e. The zero-order valence-corrected chi connectivity index (χ0v) is 11.7. The van der Waals surface area contributed by atoms with Crippen molar-refractivity contribution in [2.24, 2.45) is 17.3 Å². The third-order valence-corrected chi connectivity index (χ3v) is 5.04. The van der Waals surface area contributed by atoms with Gasteiger partial charge in [0.15, 0.2) is 0 Å². The highest BCUT2D eigenvalue weighted by Crippen LogP contribution is 2.52. The summed E-state index contributed by atoms with van der Waals surface area (Å²) in [6, 6.07) is 11.6. The molecule has 0 radical (unpaired) electrons. The SMILES string of the molecule is CC(C)C1(CNC(c2ccccc2)C2CC2)CC1. The van der Waals surface area contributed by atoms with E-state index in [4.69, 9.17) is 0 Å². The molecule has 1 atom stereocenters. The number of benzene rings is 1. The second kappa shape index (κ2) is 4.70. The summed E-state index contributed by atoms with van der Waals surface area (Å²) in [5.74, 6) is 1.70. The molecule has 0 amide bonds. The summed E-state index contributed by atoms with van der Waals surface area (Å²) in [5, 5.41) is 3.88. The van der Waals surface area contributed by atoms with E-state index in [9.17, 15) is 0 Å². The Morgan fingerprint density at radius 3 is 2.33 bits per heavy atom. The summed E-state index contributed by atoms with van der Waals surface area (Å²) in [6.45, 7) is 5.97. The molecule has 0 heterocycles. The van der Waals surface area contributed by atoms with Gasteiger partial charge in [0.05, 0.1) is 0 Å². The lowest BCUT2D eigenvalue weighted by atomic mass is 9.91. The van der Waals surface area contributed by atoms with Crippen LogP contribution in [0.2, 0.25) is 0 Å². The van der Waals surface area contributed by atoms with Crippen molar-refractivity contribution in [1.29, 1.82) is 0 Å². The Labute approximate surface area is 111 Å². The number of hydrogen-bond donors (Lipinski definition) is 1. The molecule has 2 aliphatic carbocycles. The quantitative estimate of drug-likeness (QED) is 0.791. The van der Waals surface area contributed by atoms with Gasteiger partial charge in [0.1, 0.15) is 0 Å². The summed E-state index contributed by atoms with van der Waals surface area (Å²) in [5.41, 5.74) is 2.10. The minimum absolute atomic E-state index is 0.599. The molecule has 2 saturated carbocycles. The van der Waals surface area contributed by atoms with E-state index in [2.05, 4.69) is 49.5 Å². The first-order chi connectivity index (χ1) is 8.71. The van der Waals surface area contributed by atoms with Gasteiger partial charge in [-0.05, 0) is 48.5 Å². The molecule has 2 aliphatic rings. The molecule has 0 bridgehead atoms. The summed E-state index contributed by atoms with van der Waals surface area (Å²) < 4.78 is 0. The van der Waals surface area contributed by atoms with Gasteiger partial charge in [-0.3, -0.25) is 0 Å². The van der Waals surface area contributed by atoms with Gasteiger partial charge in [-0.1, -0.05) is 44.2 Å². The van der Waals surface area contributed by atoms with Crippen molar-refractivity contribution >= 4 is 0 Å². The van der Waals surface area contributed by atoms with Gasteiger partial charge in [0, 0.05) is 12.6 Å². The van der Waals surface area contributed by atoms with E-state index in [1.807, 2.05) is 0 Å². The van der Waals surface area contributed by atoms with Crippen LogP contribution in [0, 0.1) is 17.3 Å². The fraction of sp³-hybridized carbons (Fsp3) is 0.647. The van der Waals surface area contributed by atoms with E-state index < -0.39 is 0 Å². The first-order valence-electron chi connectivity index (χ1n) is 7.50. The van der Waals surface area contributed by atoms with Gasteiger partial charge in [0.2, 0.25) is 0 Å². The predicted octanol–water partition coefficient (Wildman–Crippen LogP) is 4.16. The number of hydrogen-bond acceptors (Lipinski definition) is 1. The lowest BCUT2D eigenvalue weighted by molar-refractivity contribution is 0.312. The second-order valence-electron chi connectivity index (χ2n) is 6.62. The summed E-state index contributed by atoms with van der Waals surface area (Å²) >= 11 is 0. The molecule has 2 fully saturated rings. The molecule has 1 nitrogen and oxygen atoms in total. The van der Waals surface area contributed by atoms with Crippen LogP contribution >= 0.6 is 0 Å². The first kappa shape index (κ1) is 12.2. The van der Waals surface area contributed by atoms with E-state index in [0.717, 1.165) is 11.8 Å². The van der Waals surface area contributed by atoms with Gasteiger partial charge < -0.3 is 5.32 Å². The molecule has 1 aromatic carbocycles. The summed E-state index contributed by atoms with van der Waals surface area (Å²) in [7, 11) is 0. The van der Waals surface area contributed by atoms with Crippen LogP contribution in [0.3, 0.4) is 0 Å². The topological polar surface area (TPSA) is 12.0 Å². The maximum atomic E-state index is 3.88. The van der Waals surface area contributed by atoms with Crippen LogP contribution in [-0.2, 0) is 0 Å². The maximum Gasteiger partial charge on any atom is 0.0348 e. The molecule has 0 saturated heterocycles. The average molecular weight is 243 g/mol. The highest BCUT2D eigenvalue weighted by molar-refractivity contribution is 5.21. The van der Waals surface area contributed by atoms with Crippen LogP contribution in [-0.4, -0.2) is 6.54 Å². The molecule has 18 heavy (non-hydrogen) atoms. The Bertz CT molecular complexity index is 387. The molecule has 1 heteroatoms. The first-order valence-corrected chi connectivity index (χ1v) is 7.50. The fourth-order valence-corrected chi connectivity index (χ4v) is 3.08. The molecule has 0 aliphatic heterocycles. The Morgan fingerprint density at radius 1 is 1.17 bits per heavy atom. The van der Waals surface area contributed by atoms with Gasteiger partial charge >= 0.3 is 0 Å². The average Bonchev–Trinajstić information content (AvgIpc) is 3.25. The molecule has 0 spiro atoms. The fourth-order valence-electron chi connectivity index (χ4n) is 3.08. The molecule has 1 N–H and O–H groups in total. The summed E-state index contributed by atoms with van der Waals surface area (Å²) in [4.78, 5) is 0. The Balaban J connectivity index is 1.65. The van der Waals surface area contributed by atoms with E-state index in [0.29, 0.717) is 11.5 Å². The maximum absolute atomic E-state index is 3.88. The third kappa shape index (κ3) is 2.47. The zero-order chi connectivity index (χ0) is 12.6. The van der Waals surface area contributed by atoms with Crippen molar-refractivity contribution in [3.05, 3.63) is 35.9 Å². The lowest BCUT2D eigenvalue weighted by Gasteiger charge is -2.25. The van der Waals surface area contributed by atoms with E-state index in [1.165, 1.54) is 37.8 Å². The van der Waals surface area contributed by atoms with Gasteiger partial charge in [-0.25, -0.2) is 0 Å². The minimum atomic E-state index is 0.599. The highest BCUT2D eigenvalue weighted by atomic mass is 15.0. The van der Waals surface area contributed by atoms with Crippen LogP contribution in [0.1, 0.15) is 51.1 Å². The van der Waals surface area contributed by atoms with Crippen molar-refractivity contribution in [2.45, 2.75) is 45.6 Å². The lowest BCUT2D eigenvalue weighted by Crippen LogP contribution is -2.32. The molecule has 98 valence electrons. The molecule has 3 rings (SSSR count). The monoisotopic (exact) mass is 243 g/mol. The number of nitrogens with one attached hydrogen (secondary N) is 1. The van der Waals surface area contributed by atoms with Crippen LogP contribution in [0.25, 0.3) is 0 Å².